The fraction of sp³-hybridized carbons (Fsp3) is 0.935. The van der Waals surface area contributed by atoms with E-state index in [1.165, 1.54) is 135 Å². The maximum absolute atomic E-state index is 12.6. The van der Waals surface area contributed by atoms with Gasteiger partial charge in [0.2, 0.25) is 0 Å². The van der Waals surface area contributed by atoms with Gasteiger partial charge in [-0.1, -0.05) is 208 Å². The van der Waals surface area contributed by atoms with Gasteiger partial charge in [-0.05, 0) is 31.1 Å². The molecule has 6 nitrogen and oxygen atoms in total. The Morgan fingerprint density at radius 1 is 0.365 bits per heavy atom. The maximum Gasteiger partial charge on any atom is 0.306 e. The zero-order valence-electron chi connectivity index (χ0n) is 35.4. The van der Waals surface area contributed by atoms with Crippen molar-refractivity contribution in [2.75, 3.05) is 13.2 Å². The average Bonchev–Trinajstić information content (AvgIpc) is 3.11. The normalized spacial score (nSPS) is 12.1. The van der Waals surface area contributed by atoms with E-state index < -0.39 is 6.10 Å². The van der Waals surface area contributed by atoms with Gasteiger partial charge >= 0.3 is 17.9 Å². The Morgan fingerprint density at radius 2 is 0.635 bits per heavy atom. The van der Waals surface area contributed by atoms with Gasteiger partial charge in [0, 0.05) is 19.3 Å². The van der Waals surface area contributed by atoms with Crippen LogP contribution in [0.5, 0.6) is 0 Å². The van der Waals surface area contributed by atoms with E-state index in [0.29, 0.717) is 19.3 Å². The molecule has 0 saturated carbocycles. The first kappa shape index (κ1) is 50.4. The van der Waals surface area contributed by atoms with E-state index in [1.807, 2.05) is 0 Å². The molecule has 0 aromatic heterocycles. The first-order valence-electron chi connectivity index (χ1n) is 22.7. The second-order valence-electron chi connectivity index (χ2n) is 16.6. The van der Waals surface area contributed by atoms with Crippen molar-refractivity contribution in [1.82, 2.24) is 0 Å². The first-order chi connectivity index (χ1) is 25.2. The largest absolute Gasteiger partial charge is 0.462 e. The van der Waals surface area contributed by atoms with E-state index in [-0.39, 0.29) is 31.1 Å². The number of esters is 3. The predicted octanol–water partition coefficient (Wildman–Crippen LogP) is 14.2. The Balaban J connectivity index is 4.28. The van der Waals surface area contributed by atoms with Crippen molar-refractivity contribution in [3.8, 4) is 0 Å². The molecule has 0 bridgehead atoms. The SMILES string of the molecule is CCCCCCCCCCCCCCCCCC(=O)OC[C@H](COC(=O)CCCCCCCCCC(C)C)OC(=O)CCCCCCCCC(C)C. The number of carbonyl (C=O) groups is 3. The van der Waals surface area contributed by atoms with Crippen LogP contribution < -0.4 is 0 Å². The summed E-state index contributed by atoms with van der Waals surface area (Å²) < 4.78 is 16.7. The Labute approximate surface area is 323 Å². The van der Waals surface area contributed by atoms with Gasteiger partial charge in [-0.15, -0.1) is 0 Å². The second kappa shape index (κ2) is 39.1. The summed E-state index contributed by atoms with van der Waals surface area (Å²) >= 11 is 0. The Hall–Kier alpha value is -1.59. The van der Waals surface area contributed by atoms with Crippen molar-refractivity contribution in [2.24, 2.45) is 11.8 Å². The highest BCUT2D eigenvalue weighted by Crippen LogP contribution is 2.16. The lowest BCUT2D eigenvalue weighted by Gasteiger charge is -2.18. The van der Waals surface area contributed by atoms with Crippen molar-refractivity contribution in [3.05, 3.63) is 0 Å². The van der Waals surface area contributed by atoms with Crippen LogP contribution in [0, 0.1) is 11.8 Å². The lowest BCUT2D eigenvalue weighted by atomic mass is 10.0. The van der Waals surface area contributed by atoms with Gasteiger partial charge in [-0.3, -0.25) is 14.4 Å². The molecular weight excluding hydrogens is 648 g/mol. The first-order valence-corrected chi connectivity index (χ1v) is 22.7. The molecule has 0 aromatic carbocycles. The third-order valence-corrected chi connectivity index (χ3v) is 10.2. The third-order valence-electron chi connectivity index (χ3n) is 10.2. The van der Waals surface area contributed by atoms with Crippen LogP contribution in [0.2, 0.25) is 0 Å². The Kier molecular flexibility index (Phi) is 37.9. The van der Waals surface area contributed by atoms with Crippen LogP contribution in [-0.4, -0.2) is 37.2 Å². The molecule has 6 heteroatoms. The maximum atomic E-state index is 12.6. The molecule has 0 aliphatic rings. The molecule has 0 spiro atoms. The van der Waals surface area contributed by atoms with Crippen molar-refractivity contribution in [3.63, 3.8) is 0 Å². The van der Waals surface area contributed by atoms with Crippen molar-refractivity contribution >= 4 is 17.9 Å². The molecule has 0 saturated heterocycles. The fourth-order valence-electron chi connectivity index (χ4n) is 6.75. The minimum absolute atomic E-state index is 0.0662. The quantitative estimate of drug-likeness (QED) is 0.0354. The van der Waals surface area contributed by atoms with Crippen LogP contribution >= 0.6 is 0 Å². The smallest absolute Gasteiger partial charge is 0.306 e. The number of ether oxygens (including phenoxy) is 3. The highest BCUT2D eigenvalue weighted by atomic mass is 16.6. The van der Waals surface area contributed by atoms with Gasteiger partial charge in [-0.25, -0.2) is 0 Å². The van der Waals surface area contributed by atoms with Gasteiger partial charge in [0.1, 0.15) is 13.2 Å². The van der Waals surface area contributed by atoms with Gasteiger partial charge in [0.25, 0.3) is 0 Å². The van der Waals surface area contributed by atoms with E-state index in [9.17, 15) is 14.4 Å². The van der Waals surface area contributed by atoms with Crippen molar-refractivity contribution < 1.29 is 28.6 Å². The number of hydrogen-bond donors (Lipinski definition) is 0. The van der Waals surface area contributed by atoms with Crippen LogP contribution in [0.3, 0.4) is 0 Å². The Bertz CT molecular complexity index is 794. The molecule has 0 N–H and O–H groups in total. The molecular formula is C46H88O6. The zero-order chi connectivity index (χ0) is 38.3. The number of carbonyl (C=O) groups excluding carboxylic acids is 3. The Morgan fingerprint density at radius 3 is 0.942 bits per heavy atom. The highest BCUT2D eigenvalue weighted by molar-refractivity contribution is 5.71. The van der Waals surface area contributed by atoms with E-state index in [0.717, 1.165) is 69.6 Å². The molecule has 0 heterocycles. The minimum Gasteiger partial charge on any atom is -0.462 e. The number of rotatable bonds is 40. The van der Waals surface area contributed by atoms with Crippen molar-refractivity contribution in [1.29, 1.82) is 0 Å². The second-order valence-corrected chi connectivity index (χ2v) is 16.6. The standard InChI is InChI=1S/C46H88O6/c1-6-7-8-9-10-11-12-13-14-15-16-17-20-26-31-36-44(47)50-39-43(52-46(49)38-33-28-23-22-25-30-35-42(4)5)40-51-45(48)37-32-27-21-18-19-24-29-34-41(2)3/h41-43H,6-40H2,1-5H3/t43-/m1/s1. The minimum atomic E-state index is -0.761. The lowest BCUT2D eigenvalue weighted by molar-refractivity contribution is -0.167. The molecule has 0 radical (unpaired) electrons. The third kappa shape index (κ3) is 39.6. The molecule has 0 aromatic rings. The van der Waals surface area contributed by atoms with E-state index in [2.05, 4.69) is 34.6 Å². The summed E-state index contributed by atoms with van der Waals surface area (Å²) in [5.74, 6) is 0.675. The van der Waals surface area contributed by atoms with E-state index in [1.54, 1.807) is 0 Å². The molecule has 308 valence electrons. The number of unbranched alkanes of at least 4 members (excludes halogenated alkanes) is 25. The summed E-state index contributed by atoms with van der Waals surface area (Å²) in [5, 5.41) is 0. The van der Waals surface area contributed by atoms with Crippen LogP contribution in [-0.2, 0) is 28.6 Å². The molecule has 1 atom stereocenters. The topological polar surface area (TPSA) is 78.9 Å². The summed E-state index contributed by atoms with van der Waals surface area (Å²) in [5.41, 5.74) is 0. The predicted molar refractivity (Wildman–Crippen MR) is 220 cm³/mol. The number of hydrogen-bond acceptors (Lipinski definition) is 6. The van der Waals surface area contributed by atoms with Crippen LogP contribution in [0.15, 0.2) is 0 Å². The van der Waals surface area contributed by atoms with Crippen molar-refractivity contribution in [2.45, 2.75) is 253 Å². The zero-order valence-corrected chi connectivity index (χ0v) is 35.4. The molecule has 0 rings (SSSR count). The lowest BCUT2D eigenvalue weighted by Crippen LogP contribution is -2.30. The van der Waals surface area contributed by atoms with E-state index in [4.69, 9.17) is 14.2 Å². The van der Waals surface area contributed by atoms with Gasteiger partial charge in [-0.2, -0.15) is 0 Å². The fourth-order valence-corrected chi connectivity index (χ4v) is 6.75. The summed E-state index contributed by atoms with van der Waals surface area (Å²) in [6, 6.07) is 0. The van der Waals surface area contributed by atoms with Crippen LogP contribution in [0.1, 0.15) is 247 Å². The molecule has 52 heavy (non-hydrogen) atoms. The van der Waals surface area contributed by atoms with Gasteiger partial charge < -0.3 is 14.2 Å². The summed E-state index contributed by atoms with van der Waals surface area (Å²) in [7, 11) is 0. The molecule has 0 aliphatic heterocycles. The van der Waals surface area contributed by atoms with Gasteiger partial charge in [0.05, 0.1) is 0 Å². The monoisotopic (exact) mass is 737 g/mol. The van der Waals surface area contributed by atoms with Crippen LogP contribution in [0.4, 0.5) is 0 Å². The molecule has 0 amide bonds. The molecule has 0 unspecified atom stereocenters. The highest BCUT2D eigenvalue weighted by Gasteiger charge is 2.19. The summed E-state index contributed by atoms with van der Waals surface area (Å²) in [4.78, 5) is 37.6. The molecule has 0 fully saturated rings. The average molecular weight is 737 g/mol. The molecule has 0 aliphatic carbocycles. The van der Waals surface area contributed by atoms with Gasteiger partial charge in [0.15, 0.2) is 6.10 Å². The summed E-state index contributed by atoms with van der Waals surface area (Å²) in [6.07, 6.45) is 36.8. The summed E-state index contributed by atoms with van der Waals surface area (Å²) in [6.45, 7) is 11.2. The van der Waals surface area contributed by atoms with E-state index >= 15 is 0 Å². The van der Waals surface area contributed by atoms with Crippen LogP contribution in [0.25, 0.3) is 0 Å².